The molecule has 4 nitrogen and oxygen atoms in total. The summed E-state index contributed by atoms with van der Waals surface area (Å²) in [4.78, 5) is 13.8. The number of fused-ring (bicyclic) bond motifs is 1. The summed E-state index contributed by atoms with van der Waals surface area (Å²) < 4.78 is 13.9. The Labute approximate surface area is 116 Å². The van der Waals surface area contributed by atoms with Gasteiger partial charge in [-0.15, -0.1) is 0 Å². The highest BCUT2D eigenvalue weighted by Gasteiger charge is 2.11. The van der Waals surface area contributed by atoms with E-state index in [1.54, 1.807) is 12.1 Å². The van der Waals surface area contributed by atoms with Crippen molar-refractivity contribution in [2.75, 3.05) is 19.0 Å². The van der Waals surface area contributed by atoms with Gasteiger partial charge in [0.15, 0.2) is 5.65 Å². The van der Waals surface area contributed by atoms with E-state index in [-0.39, 0.29) is 5.82 Å². The van der Waals surface area contributed by atoms with Gasteiger partial charge < -0.3 is 9.88 Å². The number of anilines is 1. The fourth-order valence-electron chi connectivity index (χ4n) is 2.08. The highest BCUT2D eigenvalue weighted by atomic mass is 19.1. The minimum Gasteiger partial charge on any atom is -0.363 e. The number of nitrogens with one attached hydrogen (secondary N) is 1. The Morgan fingerprint density at radius 1 is 1.10 bits per heavy atom. The molecule has 0 aliphatic rings. The van der Waals surface area contributed by atoms with Crippen molar-refractivity contribution in [2.45, 2.75) is 6.92 Å². The van der Waals surface area contributed by atoms with Crippen LogP contribution in [0.25, 0.3) is 22.6 Å². The van der Waals surface area contributed by atoms with Crippen molar-refractivity contribution in [3.05, 3.63) is 41.7 Å². The van der Waals surface area contributed by atoms with Crippen LogP contribution in [0.15, 0.2) is 30.3 Å². The van der Waals surface area contributed by atoms with Crippen LogP contribution in [-0.2, 0) is 0 Å². The van der Waals surface area contributed by atoms with Gasteiger partial charge in [0, 0.05) is 14.1 Å². The summed E-state index contributed by atoms with van der Waals surface area (Å²) in [7, 11) is 3.84. The second-order valence-corrected chi connectivity index (χ2v) is 5.00. The molecule has 102 valence electrons. The highest BCUT2D eigenvalue weighted by molar-refractivity contribution is 5.77. The van der Waals surface area contributed by atoms with Crippen LogP contribution in [0.4, 0.5) is 10.2 Å². The normalized spacial score (nSPS) is 11.0. The summed E-state index contributed by atoms with van der Waals surface area (Å²) in [6, 6.07) is 8.78. The standard InChI is InChI=1S/C15H15FN4/c1-9-4-5-11(16)10(8-9)14-17-12-6-7-13(20(2)3)18-15(12)19-14/h4-8H,1-3H3,(H,17,18,19). The zero-order chi connectivity index (χ0) is 14.3. The molecule has 0 radical (unpaired) electrons. The molecule has 0 saturated heterocycles. The number of rotatable bonds is 2. The Morgan fingerprint density at radius 2 is 1.90 bits per heavy atom. The molecule has 0 saturated carbocycles. The second kappa shape index (κ2) is 4.59. The molecule has 0 aliphatic carbocycles. The summed E-state index contributed by atoms with van der Waals surface area (Å²) in [6.07, 6.45) is 0. The van der Waals surface area contributed by atoms with E-state index in [0.29, 0.717) is 17.0 Å². The van der Waals surface area contributed by atoms with Gasteiger partial charge in [0.1, 0.15) is 17.5 Å². The highest BCUT2D eigenvalue weighted by Crippen LogP contribution is 2.24. The molecule has 2 aromatic heterocycles. The van der Waals surface area contributed by atoms with E-state index >= 15 is 0 Å². The van der Waals surface area contributed by atoms with Crippen molar-refractivity contribution in [3.8, 4) is 11.4 Å². The molecule has 0 spiro atoms. The fraction of sp³-hybridized carbons (Fsp3) is 0.200. The van der Waals surface area contributed by atoms with E-state index in [1.165, 1.54) is 6.07 Å². The van der Waals surface area contributed by atoms with E-state index in [0.717, 1.165) is 16.9 Å². The number of hydrogen-bond acceptors (Lipinski definition) is 3. The van der Waals surface area contributed by atoms with Crippen molar-refractivity contribution in [3.63, 3.8) is 0 Å². The second-order valence-electron chi connectivity index (χ2n) is 5.00. The molecule has 20 heavy (non-hydrogen) atoms. The van der Waals surface area contributed by atoms with Crippen LogP contribution in [0.3, 0.4) is 0 Å². The molecule has 5 heteroatoms. The van der Waals surface area contributed by atoms with Gasteiger partial charge in [-0.25, -0.2) is 14.4 Å². The lowest BCUT2D eigenvalue weighted by Gasteiger charge is -2.09. The number of nitrogens with zero attached hydrogens (tertiary/aromatic N) is 3. The average Bonchev–Trinajstić information content (AvgIpc) is 2.83. The monoisotopic (exact) mass is 270 g/mol. The topological polar surface area (TPSA) is 44.8 Å². The maximum absolute atomic E-state index is 13.9. The minimum atomic E-state index is -0.289. The Kier molecular flexibility index (Phi) is 2.89. The van der Waals surface area contributed by atoms with Gasteiger partial charge in [0.05, 0.1) is 11.1 Å². The molecule has 0 bridgehead atoms. The van der Waals surface area contributed by atoms with Crippen molar-refractivity contribution in [1.29, 1.82) is 0 Å². The number of imidazole rings is 1. The van der Waals surface area contributed by atoms with Crippen LogP contribution >= 0.6 is 0 Å². The number of aromatic nitrogens is 3. The van der Waals surface area contributed by atoms with Gasteiger partial charge in [-0.1, -0.05) is 11.6 Å². The lowest BCUT2D eigenvalue weighted by Crippen LogP contribution is -2.10. The van der Waals surface area contributed by atoms with Crippen LogP contribution in [0.1, 0.15) is 5.56 Å². The molecule has 1 N–H and O–H groups in total. The van der Waals surface area contributed by atoms with Gasteiger partial charge in [0.25, 0.3) is 0 Å². The number of aryl methyl sites for hydroxylation is 1. The minimum absolute atomic E-state index is 0.289. The summed E-state index contributed by atoms with van der Waals surface area (Å²) in [5, 5.41) is 0. The molecule has 1 aromatic carbocycles. The molecule has 3 aromatic rings. The van der Waals surface area contributed by atoms with Crippen LogP contribution in [-0.4, -0.2) is 29.0 Å². The van der Waals surface area contributed by atoms with E-state index in [2.05, 4.69) is 15.0 Å². The third-order valence-electron chi connectivity index (χ3n) is 3.17. The quantitative estimate of drug-likeness (QED) is 0.778. The zero-order valence-electron chi connectivity index (χ0n) is 11.6. The third kappa shape index (κ3) is 2.11. The molecule has 0 fully saturated rings. The molecule has 0 amide bonds. The summed E-state index contributed by atoms with van der Waals surface area (Å²) in [5.74, 6) is 1.03. The van der Waals surface area contributed by atoms with E-state index in [9.17, 15) is 4.39 Å². The van der Waals surface area contributed by atoms with Crippen molar-refractivity contribution < 1.29 is 4.39 Å². The number of aromatic amines is 1. The Bertz CT molecular complexity index is 777. The lowest BCUT2D eigenvalue weighted by atomic mass is 10.1. The van der Waals surface area contributed by atoms with Gasteiger partial charge >= 0.3 is 0 Å². The van der Waals surface area contributed by atoms with E-state index < -0.39 is 0 Å². The Hall–Kier alpha value is -2.43. The van der Waals surface area contributed by atoms with Crippen molar-refractivity contribution in [1.82, 2.24) is 15.0 Å². The maximum Gasteiger partial charge on any atom is 0.180 e. The molecular weight excluding hydrogens is 255 g/mol. The van der Waals surface area contributed by atoms with Gasteiger partial charge in [-0.3, -0.25) is 0 Å². The van der Waals surface area contributed by atoms with Crippen LogP contribution in [0.5, 0.6) is 0 Å². The van der Waals surface area contributed by atoms with E-state index in [1.807, 2.05) is 38.1 Å². The maximum atomic E-state index is 13.9. The predicted octanol–water partition coefficient (Wildman–Crippen LogP) is 3.14. The molecule has 3 rings (SSSR count). The first kappa shape index (κ1) is 12.6. The molecule has 0 aliphatic heterocycles. The smallest absolute Gasteiger partial charge is 0.180 e. The Balaban J connectivity index is 2.15. The first-order chi connectivity index (χ1) is 9.54. The average molecular weight is 270 g/mol. The first-order valence-corrected chi connectivity index (χ1v) is 6.35. The van der Waals surface area contributed by atoms with E-state index in [4.69, 9.17) is 0 Å². The van der Waals surface area contributed by atoms with Crippen LogP contribution in [0, 0.1) is 12.7 Å². The fourth-order valence-corrected chi connectivity index (χ4v) is 2.08. The van der Waals surface area contributed by atoms with Crippen molar-refractivity contribution in [2.24, 2.45) is 0 Å². The molecule has 2 heterocycles. The molecular formula is C15H15FN4. The van der Waals surface area contributed by atoms with Crippen LogP contribution in [0.2, 0.25) is 0 Å². The third-order valence-corrected chi connectivity index (χ3v) is 3.17. The van der Waals surface area contributed by atoms with Crippen LogP contribution < -0.4 is 4.90 Å². The predicted molar refractivity (Wildman–Crippen MR) is 78.3 cm³/mol. The summed E-state index contributed by atoms with van der Waals surface area (Å²) >= 11 is 0. The van der Waals surface area contributed by atoms with Gasteiger partial charge in [-0.2, -0.15) is 0 Å². The number of benzene rings is 1. The molecule has 0 unspecified atom stereocenters. The first-order valence-electron chi connectivity index (χ1n) is 6.35. The number of pyridine rings is 1. The summed E-state index contributed by atoms with van der Waals surface area (Å²) in [5.41, 5.74) is 2.84. The van der Waals surface area contributed by atoms with Crippen molar-refractivity contribution >= 4 is 17.0 Å². The number of hydrogen-bond donors (Lipinski definition) is 1. The van der Waals surface area contributed by atoms with Gasteiger partial charge in [-0.05, 0) is 31.2 Å². The van der Waals surface area contributed by atoms with Gasteiger partial charge in [0.2, 0.25) is 0 Å². The zero-order valence-corrected chi connectivity index (χ0v) is 11.6. The molecule has 0 atom stereocenters. The number of H-pyrrole nitrogens is 1. The Morgan fingerprint density at radius 3 is 2.65 bits per heavy atom. The number of halogens is 1. The lowest BCUT2D eigenvalue weighted by molar-refractivity contribution is 0.630. The summed E-state index contributed by atoms with van der Waals surface area (Å²) in [6.45, 7) is 1.92. The SMILES string of the molecule is Cc1ccc(F)c(-c2nc3nc(N(C)C)ccc3[nH]2)c1. The largest absolute Gasteiger partial charge is 0.363 e.